The van der Waals surface area contributed by atoms with Crippen LogP contribution in [-0.2, 0) is 0 Å². The highest BCUT2D eigenvalue weighted by Crippen LogP contribution is 2.30. The molecule has 1 aromatic heterocycles. The van der Waals surface area contributed by atoms with E-state index in [1.54, 1.807) is 6.07 Å². The van der Waals surface area contributed by atoms with Gasteiger partial charge < -0.3 is 4.42 Å². The van der Waals surface area contributed by atoms with Crippen LogP contribution in [0.2, 0.25) is 0 Å². The molecule has 0 aliphatic heterocycles. The fraction of sp³-hybridized carbons (Fsp3) is 0. The smallest absolute Gasteiger partial charge is 0.138 e. The lowest BCUT2D eigenvalue weighted by Crippen LogP contribution is -1.70. The number of hydrogen-bond acceptors (Lipinski definition) is 1. The van der Waals surface area contributed by atoms with Crippen molar-refractivity contribution in [3.63, 3.8) is 0 Å². The van der Waals surface area contributed by atoms with Gasteiger partial charge in [0.15, 0.2) is 0 Å². The fourth-order valence-corrected chi connectivity index (χ4v) is 2.06. The van der Waals surface area contributed by atoms with Crippen molar-refractivity contribution in [1.29, 1.82) is 0 Å². The maximum atomic E-state index is 13.0. The molecular formula is C12H6BrFO. The SMILES string of the molecule is Fc1ccc2c(c1)oc1cc(Br)ccc12. The van der Waals surface area contributed by atoms with Crippen LogP contribution in [0.15, 0.2) is 45.3 Å². The highest BCUT2D eigenvalue weighted by atomic mass is 79.9. The molecule has 0 atom stereocenters. The lowest BCUT2D eigenvalue weighted by atomic mass is 10.1. The molecule has 0 saturated carbocycles. The van der Waals surface area contributed by atoms with E-state index in [9.17, 15) is 4.39 Å². The van der Waals surface area contributed by atoms with Crippen molar-refractivity contribution in [3.05, 3.63) is 46.7 Å². The first-order valence-corrected chi connectivity index (χ1v) is 5.31. The minimum absolute atomic E-state index is 0.277. The monoisotopic (exact) mass is 264 g/mol. The molecule has 3 heteroatoms. The standard InChI is InChI=1S/C12H6BrFO/c13-7-1-3-9-10-4-2-8(14)6-12(10)15-11(9)5-7/h1-6H. The van der Waals surface area contributed by atoms with E-state index >= 15 is 0 Å². The molecule has 0 bridgehead atoms. The summed E-state index contributed by atoms with van der Waals surface area (Å²) in [4.78, 5) is 0. The summed E-state index contributed by atoms with van der Waals surface area (Å²) in [7, 11) is 0. The second kappa shape index (κ2) is 3.07. The summed E-state index contributed by atoms with van der Waals surface area (Å²) in [6.07, 6.45) is 0. The second-order valence-electron chi connectivity index (χ2n) is 3.38. The molecular weight excluding hydrogens is 259 g/mol. The molecule has 0 aliphatic rings. The minimum Gasteiger partial charge on any atom is -0.456 e. The van der Waals surface area contributed by atoms with Crippen molar-refractivity contribution in [2.75, 3.05) is 0 Å². The first-order valence-electron chi connectivity index (χ1n) is 4.51. The van der Waals surface area contributed by atoms with Crippen LogP contribution in [0, 0.1) is 5.82 Å². The predicted molar refractivity (Wildman–Crippen MR) is 61.4 cm³/mol. The van der Waals surface area contributed by atoms with Gasteiger partial charge in [0, 0.05) is 21.3 Å². The van der Waals surface area contributed by atoms with E-state index in [1.807, 2.05) is 18.2 Å². The topological polar surface area (TPSA) is 13.1 Å². The van der Waals surface area contributed by atoms with Crippen molar-refractivity contribution < 1.29 is 8.81 Å². The van der Waals surface area contributed by atoms with Gasteiger partial charge in [0.1, 0.15) is 17.0 Å². The highest BCUT2D eigenvalue weighted by Gasteiger charge is 2.07. The Morgan fingerprint density at radius 3 is 2.40 bits per heavy atom. The van der Waals surface area contributed by atoms with Crippen LogP contribution < -0.4 is 0 Å². The number of benzene rings is 2. The van der Waals surface area contributed by atoms with Gasteiger partial charge in [-0.3, -0.25) is 0 Å². The number of halogens is 2. The molecule has 3 rings (SSSR count). The Labute approximate surface area is 93.6 Å². The number of rotatable bonds is 0. The van der Waals surface area contributed by atoms with Gasteiger partial charge in [0.2, 0.25) is 0 Å². The van der Waals surface area contributed by atoms with Crippen LogP contribution in [0.25, 0.3) is 21.9 Å². The maximum Gasteiger partial charge on any atom is 0.138 e. The van der Waals surface area contributed by atoms with Crippen molar-refractivity contribution >= 4 is 37.9 Å². The van der Waals surface area contributed by atoms with Gasteiger partial charge in [-0.05, 0) is 30.3 Å². The minimum atomic E-state index is -0.277. The molecule has 0 amide bonds. The first-order chi connectivity index (χ1) is 7.24. The normalized spacial score (nSPS) is 11.3. The molecule has 3 aromatic rings. The van der Waals surface area contributed by atoms with E-state index in [4.69, 9.17) is 4.42 Å². The molecule has 15 heavy (non-hydrogen) atoms. The van der Waals surface area contributed by atoms with Crippen molar-refractivity contribution in [2.45, 2.75) is 0 Å². The lowest BCUT2D eigenvalue weighted by molar-refractivity contribution is 0.618. The van der Waals surface area contributed by atoms with Crippen LogP contribution in [0.3, 0.4) is 0 Å². The summed E-state index contributed by atoms with van der Waals surface area (Å²) in [6, 6.07) is 10.4. The summed E-state index contributed by atoms with van der Waals surface area (Å²) in [5.41, 5.74) is 1.35. The maximum absolute atomic E-state index is 13.0. The molecule has 0 spiro atoms. The van der Waals surface area contributed by atoms with Gasteiger partial charge in [-0.2, -0.15) is 0 Å². The van der Waals surface area contributed by atoms with Gasteiger partial charge >= 0.3 is 0 Å². The zero-order valence-corrected chi connectivity index (χ0v) is 9.21. The van der Waals surface area contributed by atoms with Crippen LogP contribution in [0.5, 0.6) is 0 Å². The molecule has 0 aliphatic carbocycles. The molecule has 0 radical (unpaired) electrons. The fourth-order valence-electron chi connectivity index (χ4n) is 1.72. The highest BCUT2D eigenvalue weighted by molar-refractivity contribution is 9.10. The van der Waals surface area contributed by atoms with Crippen molar-refractivity contribution in [2.24, 2.45) is 0 Å². The summed E-state index contributed by atoms with van der Waals surface area (Å²) in [5.74, 6) is -0.277. The molecule has 74 valence electrons. The average Bonchev–Trinajstić information content (AvgIpc) is 2.53. The second-order valence-corrected chi connectivity index (χ2v) is 4.30. The third-order valence-electron chi connectivity index (χ3n) is 2.40. The van der Waals surface area contributed by atoms with E-state index < -0.39 is 0 Å². The van der Waals surface area contributed by atoms with Gasteiger partial charge in [-0.15, -0.1) is 0 Å². The van der Waals surface area contributed by atoms with Crippen molar-refractivity contribution in [3.8, 4) is 0 Å². The molecule has 0 N–H and O–H groups in total. The zero-order chi connectivity index (χ0) is 10.4. The summed E-state index contributed by atoms with van der Waals surface area (Å²) >= 11 is 3.37. The van der Waals surface area contributed by atoms with Crippen LogP contribution in [0.4, 0.5) is 4.39 Å². The van der Waals surface area contributed by atoms with Gasteiger partial charge in [-0.25, -0.2) is 4.39 Å². The van der Waals surface area contributed by atoms with Gasteiger partial charge in [-0.1, -0.05) is 15.9 Å². The Hall–Kier alpha value is -1.35. The molecule has 2 aromatic carbocycles. The van der Waals surface area contributed by atoms with Crippen LogP contribution in [0.1, 0.15) is 0 Å². The Morgan fingerprint density at radius 1 is 0.933 bits per heavy atom. The van der Waals surface area contributed by atoms with E-state index in [0.717, 1.165) is 20.8 Å². The lowest BCUT2D eigenvalue weighted by Gasteiger charge is -1.89. The summed E-state index contributed by atoms with van der Waals surface area (Å²) in [6.45, 7) is 0. The Morgan fingerprint density at radius 2 is 1.60 bits per heavy atom. The molecule has 1 nitrogen and oxygen atoms in total. The largest absolute Gasteiger partial charge is 0.456 e. The van der Waals surface area contributed by atoms with Crippen molar-refractivity contribution in [1.82, 2.24) is 0 Å². The number of fused-ring (bicyclic) bond motifs is 3. The number of furan rings is 1. The third-order valence-corrected chi connectivity index (χ3v) is 2.89. The molecule has 0 unspecified atom stereocenters. The van der Waals surface area contributed by atoms with Crippen LogP contribution >= 0.6 is 15.9 Å². The first kappa shape index (κ1) is 8.92. The van der Waals surface area contributed by atoms with E-state index in [1.165, 1.54) is 12.1 Å². The third kappa shape index (κ3) is 1.35. The quantitative estimate of drug-likeness (QED) is 0.583. The number of hydrogen-bond donors (Lipinski definition) is 0. The Kier molecular flexibility index (Phi) is 1.83. The predicted octanol–water partition coefficient (Wildman–Crippen LogP) is 4.49. The summed E-state index contributed by atoms with van der Waals surface area (Å²) in [5, 5.41) is 1.95. The Bertz CT molecular complexity index is 601. The van der Waals surface area contributed by atoms with E-state index in [0.29, 0.717) is 5.58 Å². The Balaban J connectivity index is 2.51. The average molecular weight is 265 g/mol. The van der Waals surface area contributed by atoms with Gasteiger partial charge in [0.25, 0.3) is 0 Å². The molecule has 0 saturated heterocycles. The van der Waals surface area contributed by atoms with E-state index in [-0.39, 0.29) is 5.82 Å². The zero-order valence-electron chi connectivity index (χ0n) is 7.63. The van der Waals surface area contributed by atoms with E-state index in [2.05, 4.69) is 15.9 Å². The van der Waals surface area contributed by atoms with Crippen LogP contribution in [-0.4, -0.2) is 0 Å². The molecule has 0 fully saturated rings. The van der Waals surface area contributed by atoms with Gasteiger partial charge in [0.05, 0.1) is 0 Å². The summed E-state index contributed by atoms with van der Waals surface area (Å²) < 4.78 is 19.5. The molecule has 1 heterocycles.